The fourth-order valence-electron chi connectivity index (χ4n) is 3.77. The lowest BCUT2D eigenvalue weighted by molar-refractivity contribution is 0.117. The van der Waals surface area contributed by atoms with Gasteiger partial charge in [-0.25, -0.2) is 0 Å². The third-order valence-corrected chi connectivity index (χ3v) is 5.31. The summed E-state index contributed by atoms with van der Waals surface area (Å²) in [4.78, 5) is 0. The van der Waals surface area contributed by atoms with E-state index in [9.17, 15) is 0 Å². The predicted molar refractivity (Wildman–Crippen MR) is 125 cm³/mol. The standard InChI is InChI=1S/C23H34N2O.2ClH/c1-2-10-23(11-3-1)25-16-15-24-14-6-7-17-26-19-20-12-13-21-8-4-5-9-22(21)18-20;;/h4-5,8-9,12-13,18,23-25H,1-3,6-7,10-11,14-17,19H2;2*1H. The van der Waals surface area contributed by atoms with Crippen LogP contribution in [0.15, 0.2) is 42.5 Å². The lowest BCUT2D eigenvalue weighted by Gasteiger charge is -2.22. The first-order valence-electron chi connectivity index (χ1n) is 10.4. The van der Waals surface area contributed by atoms with Crippen molar-refractivity contribution in [2.24, 2.45) is 0 Å². The van der Waals surface area contributed by atoms with E-state index in [-0.39, 0.29) is 24.8 Å². The summed E-state index contributed by atoms with van der Waals surface area (Å²) in [5.41, 5.74) is 1.26. The zero-order chi connectivity index (χ0) is 17.9. The third-order valence-electron chi connectivity index (χ3n) is 5.31. The Bertz CT molecular complexity index is 647. The molecule has 28 heavy (non-hydrogen) atoms. The first kappa shape index (κ1) is 25.2. The SMILES string of the molecule is Cl.Cl.c1ccc2cc(COCCCCNCCNC3CCCCC3)ccc2c1. The second-order valence-electron chi connectivity index (χ2n) is 7.48. The van der Waals surface area contributed by atoms with Crippen LogP contribution in [0.4, 0.5) is 0 Å². The fourth-order valence-corrected chi connectivity index (χ4v) is 3.77. The Hall–Kier alpha value is -0.840. The lowest BCUT2D eigenvalue weighted by atomic mass is 9.95. The lowest BCUT2D eigenvalue weighted by Crippen LogP contribution is -2.36. The van der Waals surface area contributed by atoms with E-state index in [1.807, 2.05) is 0 Å². The normalized spacial score (nSPS) is 14.4. The molecule has 1 saturated carbocycles. The summed E-state index contributed by atoms with van der Waals surface area (Å²) in [7, 11) is 0. The largest absolute Gasteiger partial charge is 0.377 e. The highest BCUT2D eigenvalue weighted by atomic mass is 35.5. The number of hydrogen-bond acceptors (Lipinski definition) is 3. The Balaban J connectivity index is 0.00000196. The van der Waals surface area contributed by atoms with Crippen molar-refractivity contribution in [3.8, 4) is 0 Å². The van der Waals surface area contributed by atoms with Crippen LogP contribution in [0.25, 0.3) is 10.8 Å². The summed E-state index contributed by atoms with van der Waals surface area (Å²) in [5, 5.41) is 9.80. The molecule has 3 nitrogen and oxygen atoms in total. The van der Waals surface area contributed by atoms with Gasteiger partial charge in [-0.15, -0.1) is 24.8 Å². The van der Waals surface area contributed by atoms with Crippen molar-refractivity contribution in [1.82, 2.24) is 10.6 Å². The average molecular weight is 427 g/mol. The van der Waals surface area contributed by atoms with Crippen LogP contribution in [0, 0.1) is 0 Å². The number of nitrogens with one attached hydrogen (secondary N) is 2. The van der Waals surface area contributed by atoms with Crippen molar-refractivity contribution >= 4 is 35.6 Å². The maximum Gasteiger partial charge on any atom is 0.0717 e. The number of benzene rings is 2. The minimum atomic E-state index is 0. The molecule has 1 aliphatic carbocycles. The number of fused-ring (bicyclic) bond motifs is 1. The third kappa shape index (κ3) is 9.11. The van der Waals surface area contributed by atoms with Crippen molar-refractivity contribution < 1.29 is 4.74 Å². The summed E-state index contributed by atoms with van der Waals surface area (Å²) in [6, 6.07) is 15.8. The van der Waals surface area contributed by atoms with Gasteiger partial charge in [-0.1, -0.05) is 55.7 Å². The molecule has 0 radical (unpaired) electrons. The number of unbranched alkanes of at least 4 members (excludes halogenated alkanes) is 1. The quantitative estimate of drug-likeness (QED) is 0.465. The number of rotatable bonds is 11. The summed E-state index contributed by atoms with van der Waals surface area (Å²) in [6.45, 7) is 4.82. The molecule has 0 atom stereocenters. The van der Waals surface area contributed by atoms with Gasteiger partial charge in [0.2, 0.25) is 0 Å². The summed E-state index contributed by atoms with van der Waals surface area (Å²) in [5.74, 6) is 0. The van der Waals surface area contributed by atoms with Crippen molar-refractivity contribution in [1.29, 1.82) is 0 Å². The summed E-state index contributed by atoms with van der Waals surface area (Å²) < 4.78 is 5.84. The van der Waals surface area contributed by atoms with Crippen LogP contribution < -0.4 is 10.6 Å². The summed E-state index contributed by atoms with van der Waals surface area (Å²) >= 11 is 0. The van der Waals surface area contributed by atoms with Gasteiger partial charge in [0.15, 0.2) is 0 Å². The van der Waals surface area contributed by atoms with Crippen LogP contribution in [0.1, 0.15) is 50.5 Å². The van der Waals surface area contributed by atoms with Gasteiger partial charge in [-0.05, 0) is 54.6 Å². The van der Waals surface area contributed by atoms with Crippen LogP contribution in [-0.2, 0) is 11.3 Å². The zero-order valence-corrected chi connectivity index (χ0v) is 18.5. The predicted octanol–water partition coefficient (Wildman–Crippen LogP) is 5.49. The molecule has 1 fully saturated rings. The van der Waals surface area contributed by atoms with Gasteiger partial charge in [0.25, 0.3) is 0 Å². The van der Waals surface area contributed by atoms with Gasteiger partial charge >= 0.3 is 0 Å². The van der Waals surface area contributed by atoms with Crippen molar-refractivity contribution in [2.45, 2.75) is 57.6 Å². The monoisotopic (exact) mass is 426 g/mol. The van der Waals surface area contributed by atoms with Gasteiger partial charge in [0, 0.05) is 25.7 Å². The second kappa shape index (κ2) is 15.1. The highest BCUT2D eigenvalue weighted by Gasteiger charge is 2.11. The maximum absolute atomic E-state index is 5.84. The van der Waals surface area contributed by atoms with E-state index in [1.54, 1.807) is 0 Å². The van der Waals surface area contributed by atoms with E-state index in [0.29, 0.717) is 6.61 Å². The van der Waals surface area contributed by atoms with E-state index in [2.05, 4.69) is 53.1 Å². The highest BCUT2D eigenvalue weighted by molar-refractivity contribution is 5.85. The molecule has 2 aromatic rings. The van der Waals surface area contributed by atoms with Crippen molar-refractivity contribution in [2.75, 3.05) is 26.2 Å². The molecule has 3 rings (SSSR count). The van der Waals surface area contributed by atoms with E-state index < -0.39 is 0 Å². The Kier molecular flexibility index (Phi) is 13.6. The van der Waals surface area contributed by atoms with E-state index in [0.717, 1.165) is 38.7 Å². The molecule has 2 aromatic carbocycles. The molecule has 158 valence electrons. The molecule has 0 unspecified atom stereocenters. The van der Waals surface area contributed by atoms with E-state index in [4.69, 9.17) is 4.74 Å². The number of halogens is 2. The maximum atomic E-state index is 5.84. The number of hydrogen-bond donors (Lipinski definition) is 2. The molecular formula is C23H36Cl2N2O. The molecule has 0 saturated heterocycles. The molecule has 0 amide bonds. The smallest absolute Gasteiger partial charge is 0.0717 e. The van der Waals surface area contributed by atoms with Crippen LogP contribution in [0.3, 0.4) is 0 Å². The molecule has 0 bridgehead atoms. The molecule has 0 heterocycles. The Morgan fingerprint density at radius 1 is 0.821 bits per heavy atom. The van der Waals surface area contributed by atoms with Crippen LogP contribution in [0.2, 0.25) is 0 Å². The molecule has 5 heteroatoms. The molecule has 0 spiro atoms. The van der Waals surface area contributed by atoms with E-state index >= 15 is 0 Å². The first-order valence-corrected chi connectivity index (χ1v) is 10.4. The zero-order valence-electron chi connectivity index (χ0n) is 16.8. The Morgan fingerprint density at radius 3 is 2.43 bits per heavy atom. The summed E-state index contributed by atoms with van der Waals surface area (Å²) in [6.07, 6.45) is 9.29. The number of ether oxygens (including phenoxy) is 1. The molecular weight excluding hydrogens is 391 g/mol. The van der Waals surface area contributed by atoms with Crippen LogP contribution >= 0.6 is 24.8 Å². The minimum absolute atomic E-state index is 0. The van der Waals surface area contributed by atoms with Crippen LogP contribution in [0.5, 0.6) is 0 Å². The first-order chi connectivity index (χ1) is 12.9. The molecule has 0 aromatic heterocycles. The van der Waals surface area contributed by atoms with Gasteiger partial charge in [0.1, 0.15) is 0 Å². The Labute approximate surface area is 182 Å². The minimum Gasteiger partial charge on any atom is -0.377 e. The average Bonchev–Trinajstić information content (AvgIpc) is 2.70. The topological polar surface area (TPSA) is 33.3 Å². The molecule has 1 aliphatic rings. The van der Waals surface area contributed by atoms with Crippen molar-refractivity contribution in [3.63, 3.8) is 0 Å². The molecule has 0 aliphatic heterocycles. The van der Waals surface area contributed by atoms with E-state index in [1.165, 1.54) is 54.9 Å². The fraction of sp³-hybridized carbons (Fsp3) is 0.565. The van der Waals surface area contributed by atoms with Gasteiger partial charge in [0.05, 0.1) is 6.61 Å². The van der Waals surface area contributed by atoms with Gasteiger partial charge in [-0.3, -0.25) is 0 Å². The van der Waals surface area contributed by atoms with Crippen molar-refractivity contribution in [3.05, 3.63) is 48.0 Å². The van der Waals surface area contributed by atoms with Gasteiger partial charge in [-0.2, -0.15) is 0 Å². The van der Waals surface area contributed by atoms with Gasteiger partial charge < -0.3 is 15.4 Å². The Morgan fingerprint density at radius 2 is 1.61 bits per heavy atom. The molecule has 2 N–H and O–H groups in total. The van der Waals surface area contributed by atoms with Crippen LogP contribution in [-0.4, -0.2) is 32.3 Å². The highest BCUT2D eigenvalue weighted by Crippen LogP contribution is 2.17. The second-order valence-corrected chi connectivity index (χ2v) is 7.48.